The summed E-state index contributed by atoms with van der Waals surface area (Å²) in [4.78, 5) is 0. The van der Waals surface area contributed by atoms with Crippen molar-refractivity contribution in [2.24, 2.45) is 0 Å². The Hall–Kier alpha value is -1.45. The van der Waals surface area contributed by atoms with E-state index in [0.29, 0.717) is 36.9 Å². The predicted molar refractivity (Wildman–Crippen MR) is 94.2 cm³/mol. The molecule has 2 unspecified atom stereocenters. The van der Waals surface area contributed by atoms with Gasteiger partial charge >= 0.3 is 0 Å². The predicted octanol–water partition coefficient (Wildman–Crippen LogP) is 2.55. The van der Waals surface area contributed by atoms with Gasteiger partial charge in [0, 0.05) is 23.1 Å². The summed E-state index contributed by atoms with van der Waals surface area (Å²) < 4.78 is 34.3. The fourth-order valence-electron chi connectivity index (χ4n) is 2.63. The van der Waals surface area contributed by atoms with E-state index in [0.717, 1.165) is 10.0 Å². The third kappa shape index (κ3) is 3.62. The third-order valence-corrected chi connectivity index (χ3v) is 6.68. The number of nitrogens with one attached hydrogen (secondary N) is 2. The van der Waals surface area contributed by atoms with Gasteiger partial charge in [0.1, 0.15) is 0 Å². The van der Waals surface area contributed by atoms with Crippen LogP contribution in [0.5, 0.6) is 0 Å². The SMILES string of the molecule is CCc1nnc(C2CC(S(=O)(=O)Nc3ccc(Br)c(C)c3)CN2)o1. The van der Waals surface area contributed by atoms with Crippen LogP contribution in [0.1, 0.15) is 36.7 Å². The van der Waals surface area contributed by atoms with Gasteiger partial charge in [0.2, 0.25) is 21.8 Å². The Morgan fingerprint density at radius 1 is 1.42 bits per heavy atom. The van der Waals surface area contributed by atoms with Crippen molar-refractivity contribution in [2.75, 3.05) is 11.3 Å². The summed E-state index contributed by atoms with van der Waals surface area (Å²) in [6.07, 6.45) is 1.06. The molecule has 0 saturated carbocycles. The topological polar surface area (TPSA) is 97.1 Å². The van der Waals surface area contributed by atoms with Crippen molar-refractivity contribution in [3.63, 3.8) is 0 Å². The van der Waals surface area contributed by atoms with E-state index in [-0.39, 0.29) is 6.04 Å². The molecular weight excluding hydrogens is 396 g/mol. The van der Waals surface area contributed by atoms with Crippen LogP contribution in [0.2, 0.25) is 0 Å². The molecule has 1 aromatic carbocycles. The molecule has 2 aromatic rings. The van der Waals surface area contributed by atoms with Gasteiger partial charge in [-0.15, -0.1) is 10.2 Å². The summed E-state index contributed by atoms with van der Waals surface area (Å²) in [5, 5.41) is 10.5. The van der Waals surface area contributed by atoms with Crippen LogP contribution in [0.25, 0.3) is 0 Å². The molecule has 1 aromatic heterocycles. The number of halogens is 1. The Bertz CT molecular complexity index is 837. The number of rotatable bonds is 5. The molecule has 1 aliphatic rings. The first-order valence-corrected chi connectivity index (χ1v) is 10.1. The van der Waals surface area contributed by atoms with Crippen LogP contribution in [0, 0.1) is 6.92 Å². The van der Waals surface area contributed by atoms with Crippen LogP contribution in [0.15, 0.2) is 27.1 Å². The zero-order valence-corrected chi connectivity index (χ0v) is 15.8. The highest BCUT2D eigenvalue weighted by molar-refractivity contribution is 9.10. The summed E-state index contributed by atoms with van der Waals surface area (Å²) >= 11 is 3.41. The summed E-state index contributed by atoms with van der Waals surface area (Å²) in [5.41, 5.74) is 1.53. The number of aromatic nitrogens is 2. The van der Waals surface area contributed by atoms with Crippen LogP contribution in [0.4, 0.5) is 5.69 Å². The first-order valence-electron chi connectivity index (χ1n) is 7.72. The molecule has 0 radical (unpaired) electrons. The van der Waals surface area contributed by atoms with E-state index in [1.807, 2.05) is 19.9 Å². The quantitative estimate of drug-likeness (QED) is 0.779. The molecule has 1 fully saturated rings. The minimum absolute atomic E-state index is 0.231. The van der Waals surface area contributed by atoms with Gasteiger partial charge in [0.15, 0.2) is 0 Å². The first kappa shape index (κ1) is 17.4. The standard InChI is InChI=1S/C15H19BrN4O3S/c1-3-14-18-19-15(23-14)13-7-11(8-17-13)24(21,22)20-10-4-5-12(16)9(2)6-10/h4-6,11,13,17,20H,3,7-8H2,1-2H3. The van der Waals surface area contributed by atoms with Gasteiger partial charge in [-0.05, 0) is 37.1 Å². The summed E-state index contributed by atoms with van der Waals surface area (Å²) in [5.74, 6) is 1.01. The molecule has 7 nitrogen and oxygen atoms in total. The minimum atomic E-state index is -3.50. The van der Waals surface area contributed by atoms with Gasteiger partial charge in [0.05, 0.1) is 11.3 Å². The Balaban J connectivity index is 1.70. The summed E-state index contributed by atoms with van der Waals surface area (Å²) in [6.45, 7) is 4.19. The zero-order chi connectivity index (χ0) is 17.3. The molecule has 2 N–H and O–H groups in total. The summed E-state index contributed by atoms with van der Waals surface area (Å²) in [6, 6.07) is 5.13. The second-order valence-corrected chi connectivity index (χ2v) is 8.63. The van der Waals surface area contributed by atoms with Crippen molar-refractivity contribution < 1.29 is 12.8 Å². The molecule has 1 saturated heterocycles. The van der Waals surface area contributed by atoms with Crippen molar-refractivity contribution in [1.29, 1.82) is 0 Å². The van der Waals surface area contributed by atoms with E-state index in [4.69, 9.17) is 4.42 Å². The lowest BCUT2D eigenvalue weighted by molar-refractivity contribution is 0.405. The fraction of sp³-hybridized carbons (Fsp3) is 0.467. The number of nitrogens with zero attached hydrogens (tertiary/aromatic N) is 2. The monoisotopic (exact) mass is 414 g/mol. The lowest BCUT2D eigenvalue weighted by atomic mass is 10.2. The molecule has 0 bridgehead atoms. The molecular formula is C15H19BrN4O3S. The molecule has 0 amide bonds. The number of sulfonamides is 1. The van der Waals surface area contributed by atoms with Crippen molar-refractivity contribution in [2.45, 2.75) is 38.0 Å². The largest absolute Gasteiger partial charge is 0.424 e. The van der Waals surface area contributed by atoms with E-state index in [1.165, 1.54) is 0 Å². The lowest BCUT2D eigenvalue weighted by Crippen LogP contribution is -2.29. The third-order valence-electron chi connectivity index (χ3n) is 4.03. The highest BCUT2D eigenvalue weighted by atomic mass is 79.9. The molecule has 9 heteroatoms. The number of benzene rings is 1. The smallest absolute Gasteiger partial charge is 0.236 e. The van der Waals surface area contributed by atoms with Crippen LogP contribution in [-0.2, 0) is 16.4 Å². The molecule has 24 heavy (non-hydrogen) atoms. The van der Waals surface area contributed by atoms with Gasteiger partial charge in [-0.3, -0.25) is 4.72 Å². The minimum Gasteiger partial charge on any atom is -0.424 e. The van der Waals surface area contributed by atoms with Crippen LogP contribution < -0.4 is 10.0 Å². The zero-order valence-electron chi connectivity index (χ0n) is 13.4. The maximum Gasteiger partial charge on any atom is 0.236 e. The van der Waals surface area contributed by atoms with Gasteiger partial charge in [-0.2, -0.15) is 0 Å². The Morgan fingerprint density at radius 2 is 2.21 bits per heavy atom. The number of hydrogen-bond acceptors (Lipinski definition) is 6. The normalized spacial score (nSPS) is 21.1. The van der Waals surface area contributed by atoms with Gasteiger partial charge in [-0.1, -0.05) is 22.9 Å². The summed E-state index contributed by atoms with van der Waals surface area (Å²) in [7, 11) is -3.50. The van der Waals surface area contributed by atoms with Crippen LogP contribution in [-0.4, -0.2) is 30.4 Å². The molecule has 130 valence electrons. The van der Waals surface area contributed by atoms with E-state index in [1.54, 1.807) is 12.1 Å². The van der Waals surface area contributed by atoms with Crippen LogP contribution >= 0.6 is 15.9 Å². The molecule has 1 aliphatic heterocycles. The molecule has 2 atom stereocenters. The fourth-order valence-corrected chi connectivity index (χ4v) is 4.26. The molecule has 2 heterocycles. The van der Waals surface area contributed by atoms with Gasteiger partial charge in [0.25, 0.3) is 0 Å². The highest BCUT2D eigenvalue weighted by Gasteiger charge is 2.37. The van der Waals surface area contributed by atoms with Crippen molar-refractivity contribution in [1.82, 2.24) is 15.5 Å². The van der Waals surface area contributed by atoms with Gasteiger partial charge in [-0.25, -0.2) is 8.42 Å². The molecule has 3 rings (SSSR count). The Kier molecular flexibility index (Phi) is 4.93. The molecule has 0 aliphatic carbocycles. The van der Waals surface area contributed by atoms with Crippen LogP contribution in [0.3, 0.4) is 0 Å². The average molecular weight is 415 g/mol. The van der Waals surface area contributed by atoms with E-state index in [9.17, 15) is 8.42 Å². The Morgan fingerprint density at radius 3 is 2.88 bits per heavy atom. The first-order chi connectivity index (χ1) is 11.4. The van der Waals surface area contributed by atoms with Crippen molar-refractivity contribution in [3.8, 4) is 0 Å². The molecule has 0 spiro atoms. The van der Waals surface area contributed by atoms with Crippen molar-refractivity contribution >= 4 is 31.6 Å². The maximum atomic E-state index is 12.6. The van der Waals surface area contributed by atoms with E-state index < -0.39 is 15.3 Å². The van der Waals surface area contributed by atoms with Gasteiger partial charge < -0.3 is 9.73 Å². The Labute approximate surface area is 149 Å². The number of aryl methyl sites for hydroxylation is 2. The number of anilines is 1. The maximum absolute atomic E-state index is 12.6. The van der Waals surface area contributed by atoms with Crippen molar-refractivity contribution in [3.05, 3.63) is 40.0 Å². The second kappa shape index (κ2) is 6.81. The highest BCUT2D eigenvalue weighted by Crippen LogP contribution is 2.28. The van der Waals surface area contributed by atoms with E-state index in [2.05, 4.69) is 36.2 Å². The van der Waals surface area contributed by atoms with E-state index >= 15 is 0 Å². The number of hydrogen-bond donors (Lipinski definition) is 2. The second-order valence-electron chi connectivity index (χ2n) is 5.82. The lowest BCUT2D eigenvalue weighted by Gasteiger charge is -2.14. The average Bonchev–Trinajstić information content (AvgIpc) is 3.19.